The van der Waals surface area contributed by atoms with Gasteiger partial charge in [-0.25, -0.2) is 4.39 Å². The Hall–Kier alpha value is -1.68. The monoisotopic (exact) mass is 206 g/mol. The zero-order chi connectivity index (χ0) is 10.8. The maximum Gasteiger partial charge on any atom is 0.166 e. The Morgan fingerprint density at radius 1 is 1.47 bits per heavy atom. The number of nitrogens with one attached hydrogen (secondary N) is 1. The van der Waals surface area contributed by atoms with Gasteiger partial charge in [0, 0.05) is 29.1 Å². The minimum absolute atomic E-state index is 0.0608. The fourth-order valence-electron chi connectivity index (χ4n) is 1.59. The molecule has 0 aliphatic heterocycles. The van der Waals surface area contributed by atoms with Crippen LogP contribution in [0, 0.1) is 5.82 Å². The number of halogens is 1. The van der Waals surface area contributed by atoms with E-state index in [1.165, 1.54) is 12.1 Å². The molecule has 0 amide bonds. The molecule has 0 aliphatic carbocycles. The van der Waals surface area contributed by atoms with E-state index in [9.17, 15) is 9.18 Å². The van der Waals surface area contributed by atoms with Crippen LogP contribution in [-0.2, 0) is 0 Å². The van der Waals surface area contributed by atoms with Crippen molar-refractivity contribution < 1.29 is 9.18 Å². The van der Waals surface area contributed by atoms with Gasteiger partial charge in [-0.05, 0) is 24.7 Å². The van der Waals surface area contributed by atoms with Crippen molar-refractivity contribution >= 4 is 16.7 Å². The van der Waals surface area contributed by atoms with E-state index in [4.69, 9.17) is 5.73 Å². The first-order valence-corrected chi connectivity index (χ1v) is 4.72. The van der Waals surface area contributed by atoms with Gasteiger partial charge >= 0.3 is 0 Å². The van der Waals surface area contributed by atoms with Crippen LogP contribution >= 0.6 is 0 Å². The molecule has 0 saturated heterocycles. The largest absolute Gasteiger partial charge is 0.360 e. The van der Waals surface area contributed by atoms with E-state index in [1.807, 2.05) is 0 Å². The van der Waals surface area contributed by atoms with Crippen molar-refractivity contribution in [3.63, 3.8) is 0 Å². The predicted octanol–water partition coefficient (Wildman–Crippen LogP) is 1.84. The quantitative estimate of drug-likeness (QED) is 0.753. The number of aromatic amines is 1. The number of ketones is 1. The van der Waals surface area contributed by atoms with Crippen LogP contribution < -0.4 is 5.73 Å². The maximum atomic E-state index is 13.0. The smallest absolute Gasteiger partial charge is 0.166 e. The number of rotatable bonds is 3. The molecule has 4 heteroatoms. The van der Waals surface area contributed by atoms with Crippen LogP contribution in [0.15, 0.2) is 24.4 Å². The van der Waals surface area contributed by atoms with Gasteiger partial charge in [0.1, 0.15) is 5.82 Å². The Balaban J connectivity index is 2.52. The van der Waals surface area contributed by atoms with Crippen molar-refractivity contribution in [3.05, 3.63) is 35.8 Å². The first kappa shape index (κ1) is 9.86. The van der Waals surface area contributed by atoms with Crippen molar-refractivity contribution in [1.82, 2.24) is 4.98 Å². The summed E-state index contributed by atoms with van der Waals surface area (Å²) >= 11 is 0. The summed E-state index contributed by atoms with van der Waals surface area (Å²) in [6.07, 6.45) is 1.88. The number of benzene rings is 1. The summed E-state index contributed by atoms with van der Waals surface area (Å²) in [6, 6.07) is 4.33. The average Bonchev–Trinajstić information content (AvgIpc) is 2.60. The van der Waals surface area contributed by atoms with Crippen molar-refractivity contribution in [1.29, 1.82) is 0 Å². The number of hydrogen-bond acceptors (Lipinski definition) is 2. The third kappa shape index (κ3) is 1.76. The molecule has 0 saturated carbocycles. The number of fused-ring (bicyclic) bond motifs is 1. The number of carbonyl (C=O) groups excluding carboxylic acids is 1. The Kier molecular flexibility index (Phi) is 2.51. The first-order valence-electron chi connectivity index (χ1n) is 4.72. The number of hydrogen-bond donors (Lipinski definition) is 2. The number of H-pyrrole nitrogens is 1. The Labute approximate surface area is 86.1 Å². The molecule has 0 spiro atoms. The Bertz CT molecular complexity index is 504. The van der Waals surface area contributed by atoms with E-state index >= 15 is 0 Å². The molecule has 2 rings (SSSR count). The van der Waals surface area contributed by atoms with E-state index in [1.54, 1.807) is 12.3 Å². The molecule has 78 valence electrons. The molecule has 3 nitrogen and oxygen atoms in total. The van der Waals surface area contributed by atoms with Gasteiger partial charge in [0.15, 0.2) is 5.78 Å². The second kappa shape index (κ2) is 3.82. The van der Waals surface area contributed by atoms with Crippen LogP contribution in [0.4, 0.5) is 4.39 Å². The van der Waals surface area contributed by atoms with E-state index in [-0.39, 0.29) is 18.0 Å². The van der Waals surface area contributed by atoms with Crippen LogP contribution in [0.1, 0.15) is 16.8 Å². The highest BCUT2D eigenvalue weighted by atomic mass is 19.1. The van der Waals surface area contributed by atoms with Crippen LogP contribution in [-0.4, -0.2) is 17.3 Å². The molecule has 0 bridgehead atoms. The Morgan fingerprint density at radius 3 is 3.00 bits per heavy atom. The normalized spacial score (nSPS) is 10.8. The van der Waals surface area contributed by atoms with E-state index in [0.29, 0.717) is 17.5 Å². The highest BCUT2D eigenvalue weighted by Gasteiger charge is 2.11. The lowest BCUT2D eigenvalue weighted by Crippen LogP contribution is -2.07. The van der Waals surface area contributed by atoms with Crippen molar-refractivity contribution in [2.75, 3.05) is 6.54 Å². The molecule has 0 aliphatic rings. The summed E-state index contributed by atoms with van der Waals surface area (Å²) < 4.78 is 13.0. The minimum atomic E-state index is -0.344. The highest BCUT2D eigenvalue weighted by molar-refractivity contribution is 6.07. The topological polar surface area (TPSA) is 58.9 Å². The number of carbonyl (C=O) groups is 1. The van der Waals surface area contributed by atoms with Gasteiger partial charge in [-0.15, -0.1) is 0 Å². The molecule has 0 radical (unpaired) electrons. The van der Waals surface area contributed by atoms with E-state index < -0.39 is 0 Å². The summed E-state index contributed by atoms with van der Waals surface area (Å²) in [5.41, 5.74) is 6.57. The molecular formula is C11H11FN2O. The van der Waals surface area contributed by atoms with Gasteiger partial charge in [-0.1, -0.05) is 0 Å². The molecule has 0 atom stereocenters. The summed E-state index contributed by atoms with van der Waals surface area (Å²) in [5, 5.41) is 0.619. The first-order chi connectivity index (χ1) is 7.22. The lowest BCUT2D eigenvalue weighted by Gasteiger charge is -1.96. The third-order valence-corrected chi connectivity index (χ3v) is 2.32. The van der Waals surface area contributed by atoms with Crippen LogP contribution in [0.2, 0.25) is 0 Å². The van der Waals surface area contributed by atoms with E-state index in [2.05, 4.69) is 4.98 Å². The van der Waals surface area contributed by atoms with Gasteiger partial charge in [0.05, 0.1) is 0 Å². The van der Waals surface area contributed by atoms with Crippen LogP contribution in [0.25, 0.3) is 10.9 Å². The van der Waals surface area contributed by atoms with Crippen molar-refractivity contribution in [3.8, 4) is 0 Å². The molecule has 2 aromatic rings. The summed E-state index contributed by atoms with van der Waals surface area (Å²) in [6.45, 7) is 0.306. The van der Waals surface area contributed by atoms with Gasteiger partial charge in [0.25, 0.3) is 0 Å². The summed E-state index contributed by atoms with van der Waals surface area (Å²) in [4.78, 5) is 14.5. The zero-order valence-corrected chi connectivity index (χ0v) is 8.09. The number of nitrogens with two attached hydrogens (primary N) is 1. The molecule has 3 N–H and O–H groups in total. The molecule has 1 aromatic heterocycles. The zero-order valence-electron chi connectivity index (χ0n) is 8.09. The SMILES string of the molecule is NCCC(=O)c1c[nH]c2ccc(F)cc12. The molecule has 1 heterocycles. The summed E-state index contributed by atoms with van der Waals surface area (Å²) in [5.74, 6) is -0.404. The molecule has 0 fully saturated rings. The summed E-state index contributed by atoms with van der Waals surface area (Å²) in [7, 11) is 0. The highest BCUT2D eigenvalue weighted by Crippen LogP contribution is 2.20. The lowest BCUT2D eigenvalue weighted by atomic mass is 10.1. The predicted molar refractivity (Wildman–Crippen MR) is 56.3 cm³/mol. The van der Waals surface area contributed by atoms with Crippen molar-refractivity contribution in [2.24, 2.45) is 5.73 Å². The average molecular weight is 206 g/mol. The van der Waals surface area contributed by atoms with Crippen molar-refractivity contribution in [2.45, 2.75) is 6.42 Å². The minimum Gasteiger partial charge on any atom is -0.360 e. The fourth-order valence-corrected chi connectivity index (χ4v) is 1.59. The third-order valence-electron chi connectivity index (χ3n) is 2.32. The van der Waals surface area contributed by atoms with Gasteiger partial charge in [0.2, 0.25) is 0 Å². The van der Waals surface area contributed by atoms with Gasteiger partial charge in [-0.3, -0.25) is 4.79 Å². The fraction of sp³-hybridized carbons (Fsp3) is 0.182. The molecular weight excluding hydrogens is 195 g/mol. The van der Waals surface area contributed by atoms with Crippen LogP contribution in [0.3, 0.4) is 0 Å². The molecule has 15 heavy (non-hydrogen) atoms. The number of aromatic nitrogens is 1. The second-order valence-electron chi connectivity index (χ2n) is 3.35. The van der Waals surface area contributed by atoms with Gasteiger partial charge < -0.3 is 10.7 Å². The number of Topliss-reactive ketones (excluding diaryl/α,β-unsaturated/α-hetero) is 1. The lowest BCUT2D eigenvalue weighted by molar-refractivity contribution is 0.0987. The van der Waals surface area contributed by atoms with Gasteiger partial charge in [-0.2, -0.15) is 0 Å². The van der Waals surface area contributed by atoms with Crippen LogP contribution in [0.5, 0.6) is 0 Å². The molecule has 1 aromatic carbocycles. The maximum absolute atomic E-state index is 13.0. The van der Waals surface area contributed by atoms with E-state index in [0.717, 1.165) is 5.52 Å². The second-order valence-corrected chi connectivity index (χ2v) is 3.35. The standard InChI is InChI=1S/C11H11FN2O/c12-7-1-2-10-8(5-7)9(6-14-10)11(15)3-4-13/h1-2,5-6,14H,3-4,13H2. The molecule has 0 unspecified atom stereocenters. The Morgan fingerprint density at radius 2 is 2.27 bits per heavy atom.